The summed E-state index contributed by atoms with van der Waals surface area (Å²) < 4.78 is 0. The number of halogens is 1. The molecule has 152 valence electrons. The normalized spacial score (nSPS) is 17.2. The predicted octanol–water partition coefficient (Wildman–Crippen LogP) is 5.60. The van der Waals surface area contributed by atoms with Crippen molar-refractivity contribution in [2.45, 2.75) is 44.4 Å². The molecule has 1 aliphatic rings. The highest BCUT2D eigenvalue weighted by molar-refractivity contribution is 5.85. The van der Waals surface area contributed by atoms with Gasteiger partial charge >= 0.3 is 5.97 Å². The van der Waals surface area contributed by atoms with E-state index in [0.29, 0.717) is 5.92 Å². The van der Waals surface area contributed by atoms with Gasteiger partial charge in [-0.2, -0.15) is 0 Å². The Morgan fingerprint density at radius 2 is 1.57 bits per heavy atom. The van der Waals surface area contributed by atoms with Crippen molar-refractivity contribution in [2.75, 3.05) is 19.6 Å². The van der Waals surface area contributed by atoms with Crippen LogP contribution >= 0.6 is 12.4 Å². The summed E-state index contributed by atoms with van der Waals surface area (Å²) in [5, 5.41) is 9.22. The van der Waals surface area contributed by atoms with Crippen LogP contribution in [0, 0.1) is 5.92 Å². The van der Waals surface area contributed by atoms with Crippen LogP contribution in [0.1, 0.15) is 55.6 Å². The van der Waals surface area contributed by atoms with Gasteiger partial charge in [0.05, 0.1) is 5.92 Å². The van der Waals surface area contributed by atoms with Crippen molar-refractivity contribution in [1.29, 1.82) is 0 Å². The molecule has 0 saturated carbocycles. The third-order valence-electron chi connectivity index (χ3n) is 5.73. The lowest BCUT2D eigenvalue weighted by molar-refractivity contribution is -0.143. The monoisotopic (exact) mass is 401 g/mol. The molecule has 28 heavy (non-hydrogen) atoms. The van der Waals surface area contributed by atoms with Crippen molar-refractivity contribution in [1.82, 2.24) is 4.90 Å². The van der Waals surface area contributed by atoms with Gasteiger partial charge in [0.1, 0.15) is 0 Å². The Labute approximate surface area is 175 Å². The molecule has 1 N–H and O–H groups in total. The molecule has 0 radical (unpaired) electrons. The first kappa shape index (κ1) is 22.4. The number of aliphatic carboxylic acids is 1. The maximum absolute atomic E-state index is 11.2. The molecule has 3 rings (SSSR count). The predicted molar refractivity (Wildman–Crippen MR) is 117 cm³/mol. The fourth-order valence-corrected chi connectivity index (χ4v) is 4.22. The molecule has 2 aromatic carbocycles. The van der Waals surface area contributed by atoms with Gasteiger partial charge in [0.2, 0.25) is 0 Å². The van der Waals surface area contributed by atoms with E-state index in [1.54, 1.807) is 0 Å². The fourth-order valence-electron chi connectivity index (χ4n) is 4.22. The van der Waals surface area contributed by atoms with Crippen LogP contribution in [0.15, 0.2) is 60.7 Å². The van der Waals surface area contributed by atoms with Gasteiger partial charge in [-0.25, -0.2) is 0 Å². The smallest absolute Gasteiger partial charge is 0.307 e. The van der Waals surface area contributed by atoms with Gasteiger partial charge in [-0.05, 0) is 49.9 Å². The molecule has 0 bridgehead atoms. The van der Waals surface area contributed by atoms with Gasteiger partial charge in [-0.3, -0.25) is 4.79 Å². The molecule has 1 fully saturated rings. The molecule has 0 spiro atoms. The van der Waals surface area contributed by atoms with Crippen molar-refractivity contribution in [3.05, 3.63) is 71.8 Å². The Hall–Kier alpha value is -1.84. The maximum Gasteiger partial charge on any atom is 0.307 e. The van der Waals surface area contributed by atoms with Crippen molar-refractivity contribution in [3.63, 3.8) is 0 Å². The lowest BCUT2D eigenvalue weighted by Crippen LogP contribution is -2.39. The summed E-state index contributed by atoms with van der Waals surface area (Å²) in [6.07, 6.45) is 6.56. The minimum absolute atomic E-state index is 0. The number of rotatable bonds is 9. The van der Waals surface area contributed by atoms with Gasteiger partial charge in [0, 0.05) is 12.5 Å². The van der Waals surface area contributed by atoms with Gasteiger partial charge < -0.3 is 10.0 Å². The van der Waals surface area contributed by atoms with Crippen LogP contribution in [0.25, 0.3) is 0 Å². The minimum atomic E-state index is -0.631. The number of piperidine rings is 1. The topological polar surface area (TPSA) is 40.5 Å². The number of hydrogen-bond donors (Lipinski definition) is 1. The largest absolute Gasteiger partial charge is 0.481 e. The highest BCUT2D eigenvalue weighted by Gasteiger charge is 2.24. The third-order valence-corrected chi connectivity index (χ3v) is 5.73. The third kappa shape index (κ3) is 6.65. The molecule has 0 amide bonds. The number of carboxylic acids is 1. The van der Waals surface area contributed by atoms with E-state index in [4.69, 9.17) is 0 Å². The lowest BCUT2D eigenvalue weighted by Gasteiger charge is -2.30. The Morgan fingerprint density at radius 3 is 2.14 bits per heavy atom. The number of nitrogens with zero attached hydrogens (tertiary/aromatic N) is 1. The van der Waals surface area contributed by atoms with E-state index in [1.165, 1.54) is 24.0 Å². The highest BCUT2D eigenvalue weighted by atomic mass is 35.5. The molecular weight excluding hydrogens is 370 g/mol. The van der Waals surface area contributed by atoms with Gasteiger partial charge in [-0.15, -0.1) is 12.4 Å². The van der Waals surface area contributed by atoms with E-state index in [1.807, 2.05) is 0 Å². The average molecular weight is 402 g/mol. The van der Waals surface area contributed by atoms with Crippen LogP contribution in [0.3, 0.4) is 0 Å². The number of carbonyl (C=O) groups is 1. The van der Waals surface area contributed by atoms with Crippen molar-refractivity contribution in [2.24, 2.45) is 5.92 Å². The van der Waals surface area contributed by atoms with Crippen molar-refractivity contribution in [3.8, 4) is 0 Å². The summed E-state index contributed by atoms with van der Waals surface area (Å²) in [5.74, 6) is -0.341. The van der Waals surface area contributed by atoms with Crippen LogP contribution in [0.5, 0.6) is 0 Å². The molecule has 3 nitrogen and oxygen atoms in total. The SMILES string of the molecule is Cl.O=C(O)[C@@H]1CCCN(CCCCCC(c2ccccc2)c2ccccc2)C1. The van der Waals surface area contributed by atoms with Crippen molar-refractivity contribution >= 4 is 18.4 Å². The Bertz CT molecular complexity index is 653. The molecule has 1 atom stereocenters. The summed E-state index contributed by atoms with van der Waals surface area (Å²) >= 11 is 0. The first-order valence-electron chi connectivity index (χ1n) is 10.3. The fraction of sp³-hybridized carbons (Fsp3) is 0.458. The van der Waals surface area contributed by atoms with E-state index in [2.05, 4.69) is 65.6 Å². The van der Waals surface area contributed by atoms with Gasteiger partial charge in [-0.1, -0.05) is 73.5 Å². The van der Waals surface area contributed by atoms with Crippen LogP contribution < -0.4 is 0 Å². The molecule has 1 heterocycles. The summed E-state index contributed by atoms with van der Waals surface area (Å²) in [7, 11) is 0. The van der Waals surface area contributed by atoms with E-state index in [0.717, 1.165) is 45.3 Å². The zero-order valence-corrected chi connectivity index (χ0v) is 17.3. The average Bonchev–Trinajstić information content (AvgIpc) is 2.72. The quantitative estimate of drug-likeness (QED) is 0.556. The molecule has 0 unspecified atom stereocenters. The molecular formula is C24H32ClNO2. The second kappa shape index (κ2) is 11.9. The highest BCUT2D eigenvalue weighted by Crippen LogP contribution is 2.29. The van der Waals surface area contributed by atoms with E-state index >= 15 is 0 Å². The van der Waals surface area contributed by atoms with E-state index < -0.39 is 5.97 Å². The number of benzene rings is 2. The van der Waals surface area contributed by atoms with Crippen LogP contribution in [-0.2, 0) is 4.79 Å². The van der Waals surface area contributed by atoms with Crippen LogP contribution in [0.4, 0.5) is 0 Å². The second-order valence-electron chi connectivity index (χ2n) is 7.70. The molecule has 1 saturated heterocycles. The number of likely N-dealkylation sites (tertiary alicyclic amines) is 1. The standard InChI is InChI=1S/C24H31NO2.ClH/c26-24(27)22-15-10-18-25(19-22)17-9-3-8-16-23(20-11-4-1-5-12-20)21-13-6-2-7-14-21;/h1-2,4-7,11-14,22-23H,3,8-10,15-19H2,(H,26,27);1H/t22-;/m1./s1. The first-order valence-corrected chi connectivity index (χ1v) is 10.3. The zero-order chi connectivity index (χ0) is 18.9. The van der Waals surface area contributed by atoms with Crippen LogP contribution in [-0.4, -0.2) is 35.6 Å². The maximum atomic E-state index is 11.2. The zero-order valence-electron chi connectivity index (χ0n) is 16.5. The summed E-state index contributed by atoms with van der Waals surface area (Å²) in [6.45, 7) is 2.82. The minimum Gasteiger partial charge on any atom is -0.481 e. The Kier molecular flexibility index (Phi) is 9.52. The molecule has 0 aliphatic carbocycles. The molecule has 1 aliphatic heterocycles. The Balaban J connectivity index is 0.00000280. The molecule has 4 heteroatoms. The summed E-state index contributed by atoms with van der Waals surface area (Å²) in [4.78, 5) is 13.5. The number of hydrogen-bond acceptors (Lipinski definition) is 2. The lowest BCUT2D eigenvalue weighted by atomic mass is 9.87. The second-order valence-corrected chi connectivity index (χ2v) is 7.70. The van der Waals surface area contributed by atoms with E-state index in [9.17, 15) is 9.90 Å². The number of unbranched alkanes of at least 4 members (excludes halogenated alkanes) is 2. The first-order chi connectivity index (χ1) is 13.2. The molecule has 2 aromatic rings. The summed E-state index contributed by atoms with van der Waals surface area (Å²) in [5.41, 5.74) is 2.79. The van der Waals surface area contributed by atoms with E-state index in [-0.39, 0.29) is 18.3 Å². The van der Waals surface area contributed by atoms with Gasteiger partial charge in [0.25, 0.3) is 0 Å². The Morgan fingerprint density at radius 1 is 0.964 bits per heavy atom. The van der Waals surface area contributed by atoms with Crippen molar-refractivity contribution < 1.29 is 9.90 Å². The summed E-state index contributed by atoms with van der Waals surface area (Å²) in [6, 6.07) is 21.6. The van der Waals surface area contributed by atoms with Gasteiger partial charge in [0.15, 0.2) is 0 Å². The van der Waals surface area contributed by atoms with Crippen LogP contribution in [0.2, 0.25) is 0 Å². The molecule has 0 aromatic heterocycles. The number of carboxylic acid groups (broad SMARTS) is 1.